The van der Waals surface area contributed by atoms with Gasteiger partial charge in [-0.25, -0.2) is 22.0 Å². The van der Waals surface area contributed by atoms with E-state index >= 15 is 0 Å². The van der Waals surface area contributed by atoms with Crippen LogP contribution in [0.1, 0.15) is 18.1 Å². The highest BCUT2D eigenvalue weighted by Crippen LogP contribution is 2.32. The first-order chi connectivity index (χ1) is 8.98. The van der Waals surface area contributed by atoms with Crippen LogP contribution in [0.15, 0.2) is 0 Å². The van der Waals surface area contributed by atoms with Gasteiger partial charge in [-0.3, -0.25) is 0 Å². The average molecular weight is 346 g/mol. The predicted molar refractivity (Wildman–Crippen MR) is 57.1 cm³/mol. The van der Waals surface area contributed by atoms with Gasteiger partial charge in [-0.15, -0.1) is 12.4 Å². The van der Waals surface area contributed by atoms with Crippen LogP contribution in [0.5, 0.6) is 0 Å². The highest BCUT2D eigenvalue weighted by molar-refractivity contribution is 5.85. The van der Waals surface area contributed by atoms with Crippen LogP contribution in [0.4, 0.5) is 35.1 Å². The maximum Gasteiger partial charge on any atom is 0.403 e. The zero-order valence-corrected chi connectivity index (χ0v) is 10.6. The van der Waals surface area contributed by atoms with Crippen molar-refractivity contribution in [2.75, 3.05) is 0 Å². The Bertz CT molecular complexity index is 492. The molecule has 0 radical (unpaired) electrons. The smallest absolute Gasteiger partial charge is 0.388 e. The summed E-state index contributed by atoms with van der Waals surface area (Å²) >= 11 is 0. The Kier molecular flexibility index (Phi) is 6.39. The number of hydrogen-bond donors (Lipinski definition) is 2. The Morgan fingerprint density at radius 3 is 1.52 bits per heavy atom. The van der Waals surface area contributed by atoms with E-state index in [0.717, 1.165) is 0 Å². The molecular formula is C10H8ClF8NO. The summed E-state index contributed by atoms with van der Waals surface area (Å²) in [5, 5.41) is 9.24. The highest BCUT2D eigenvalue weighted by atomic mass is 35.5. The van der Waals surface area contributed by atoms with Crippen molar-refractivity contribution in [1.82, 2.24) is 0 Å². The number of aliphatic hydroxyl groups is 1. The third-order valence-corrected chi connectivity index (χ3v) is 2.47. The van der Waals surface area contributed by atoms with Crippen molar-refractivity contribution in [3.05, 3.63) is 34.6 Å². The maximum absolute atomic E-state index is 13.2. The summed E-state index contributed by atoms with van der Waals surface area (Å²) in [7, 11) is 0. The molecule has 0 saturated heterocycles. The van der Waals surface area contributed by atoms with Gasteiger partial charge in [-0.1, -0.05) is 0 Å². The molecule has 0 fully saturated rings. The summed E-state index contributed by atoms with van der Waals surface area (Å²) in [4.78, 5) is 0. The monoisotopic (exact) mass is 345 g/mol. The molecule has 1 aromatic rings. The number of hydrogen-bond acceptors (Lipinski definition) is 2. The molecule has 21 heavy (non-hydrogen) atoms. The van der Waals surface area contributed by atoms with E-state index in [-0.39, 0.29) is 12.4 Å². The topological polar surface area (TPSA) is 46.2 Å². The quantitative estimate of drug-likeness (QED) is 0.502. The van der Waals surface area contributed by atoms with E-state index in [1.165, 1.54) is 0 Å². The Labute approximate surface area is 119 Å². The van der Waals surface area contributed by atoms with Crippen LogP contribution < -0.4 is 5.73 Å². The summed E-state index contributed by atoms with van der Waals surface area (Å²) in [6.07, 6.45) is -9.05. The van der Waals surface area contributed by atoms with Crippen molar-refractivity contribution in [2.24, 2.45) is 5.73 Å². The molecule has 0 spiro atoms. The number of rotatable bonds is 3. The summed E-state index contributed by atoms with van der Waals surface area (Å²) in [6, 6.07) is -2.69. The van der Waals surface area contributed by atoms with Gasteiger partial charge in [-0.05, 0) is 0 Å². The third kappa shape index (κ3) is 3.95. The van der Waals surface area contributed by atoms with Gasteiger partial charge in [0.15, 0.2) is 23.3 Å². The minimum absolute atomic E-state index is 0. The maximum atomic E-state index is 13.2. The van der Waals surface area contributed by atoms with E-state index in [4.69, 9.17) is 0 Å². The van der Waals surface area contributed by atoms with Crippen LogP contribution in [0.3, 0.4) is 0 Å². The minimum atomic E-state index is -4.99. The largest absolute Gasteiger partial charge is 0.403 e. The third-order valence-electron chi connectivity index (χ3n) is 2.47. The standard InChI is InChI=1S/C10H7F8NO.ClH/c11-5-4(2(20)1-3(19)10(16,17)18)6(12)8(14)9(15)7(5)13;/h2-3,20H,1,19H2;1H/t2-,3-;/m0./s1. The molecule has 2 nitrogen and oxygen atoms in total. The molecule has 0 aliphatic heterocycles. The lowest BCUT2D eigenvalue weighted by Crippen LogP contribution is -2.38. The van der Waals surface area contributed by atoms with Gasteiger partial charge in [0.25, 0.3) is 0 Å². The highest BCUT2D eigenvalue weighted by Gasteiger charge is 2.40. The fourth-order valence-corrected chi connectivity index (χ4v) is 1.41. The van der Waals surface area contributed by atoms with E-state index in [2.05, 4.69) is 5.73 Å². The predicted octanol–water partition coefficient (Wildman–Crippen LogP) is 3.12. The molecular weight excluding hydrogens is 338 g/mol. The summed E-state index contributed by atoms with van der Waals surface area (Å²) in [5.41, 5.74) is 2.85. The first kappa shape index (κ1) is 19.9. The van der Waals surface area contributed by atoms with Crippen LogP contribution in [0.2, 0.25) is 0 Å². The van der Waals surface area contributed by atoms with E-state index < -0.39 is 59.4 Å². The van der Waals surface area contributed by atoms with Crippen molar-refractivity contribution in [3.63, 3.8) is 0 Å². The zero-order valence-electron chi connectivity index (χ0n) is 9.82. The molecule has 0 aromatic heterocycles. The van der Waals surface area contributed by atoms with Crippen molar-refractivity contribution in [3.8, 4) is 0 Å². The molecule has 11 heteroatoms. The van der Waals surface area contributed by atoms with Crippen molar-refractivity contribution < 1.29 is 40.2 Å². The molecule has 0 saturated carbocycles. The van der Waals surface area contributed by atoms with Gasteiger partial charge in [0, 0.05) is 6.42 Å². The summed E-state index contributed by atoms with van der Waals surface area (Å²) in [5.74, 6) is -12.0. The van der Waals surface area contributed by atoms with Gasteiger partial charge in [0.1, 0.15) is 6.04 Å². The van der Waals surface area contributed by atoms with Crippen LogP contribution in [0.25, 0.3) is 0 Å². The molecule has 3 N–H and O–H groups in total. The van der Waals surface area contributed by atoms with Gasteiger partial charge >= 0.3 is 6.18 Å². The van der Waals surface area contributed by atoms with E-state index in [0.29, 0.717) is 0 Å². The van der Waals surface area contributed by atoms with Gasteiger partial charge in [0.05, 0.1) is 11.7 Å². The number of benzene rings is 1. The lowest BCUT2D eigenvalue weighted by Gasteiger charge is -2.20. The number of nitrogens with two attached hydrogens (primary N) is 1. The fraction of sp³-hybridized carbons (Fsp3) is 0.400. The lowest BCUT2D eigenvalue weighted by molar-refractivity contribution is -0.154. The van der Waals surface area contributed by atoms with Crippen molar-refractivity contribution >= 4 is 12.4 Å². The molecule has 2 atom stereocenters. The number of halogens is 9. The molecule has 0 amide bonds. The van der Waals surface area contributed by atoms with Crippen molar-refractivity contribution in [1.29, 1.82) is 0 Å². The van der Waals surface area contributed by atoms with Crippen LogP contribution in [-0.4, -0.2) is 17.3 Å². The summed E-state index contributed by atoms with van der Waals surface area (Å²) < 4.78 is 101. The molecule has 1 aromatic carbocycles. The first-order valence-electron chi connectivity index (χ1n) is 5.00. The van der Waals surface area contributed by atoms with Gasteiger partial charge < -0.3 is 10.8 Å². The molecule has 1 rings (SSSR count). The summed E-state index contributed by atoms with van der Waals surface area (Å²) in [6.45, 7) is 0. The van der Waals surface area contributed by atoms with Crippen LogP contribution in [0, 0.1) is 29.1 Å². The second kappa shape index (κ2) is 6.75. The molecule has 0 aliphatic carbocycles. The molecule has 0 unspecified atom stereocenters. The molecule has 0 bridgehead atoms. The lowest BCUT2D eigenvalue weighted by atomic mass is 10.0. The van der Waals surface area contributed by atoms with E-state index in [1.807, 2.05) is 0 Å². The minimum Gasteiger partial charge on any atom is -0.388 e. The average Bonchev–Trinajstić information content (AvgIpc) is 2.33. The second-order valence-corrected chi connectivity index (χ2v) is 3.88. The first-order valence-corrected chi connectivity index (χ1v) is 5.00. The van der Waals surface area contributed by atoms with Crippen LogP contribution in [-0.2, 0) is 0 Å². The Morgan fingerprint density at radius 2 is 1.19 bits per heavy atom. The molecule has 0 heterocycles. The Morgan fingerprint density at radius 1 is 0.857 bits per heavy atom. The Balaban J connectivity index is 0.00000400. The molecule has 0 aliphatic rings. The van der Waals surface area contributed by atoms with Gasteiger partial charge in [0.2, 0.25) is 5.82 Å². The SMILES string of the molecule is Cl.N[C@@H](C[C@H](O)c1c(F)c(F)c(F)c(F)c1F)C(F)(F)F. The normalized spacial score (nSPS) is 14.6. The molecule has 122 valence electrons. The Hall–Kier alpha value is -1.13. The number of alkyl halides is 3. The van der Waals surface area contributed by atoms with Crippen molar-refractivity contribution in [2.45, 2.75) is 24.7 Å². The second-order valence-electron chi connectivity index (χ2n) is 3.88. The van der Waals surface area contributed by atoms with E-state index in [1.54, 1.807) is 0 Å². The zero-order chi connectivity index (χ0) is 15.8. The van der Waals surface area contributed by atoms with Crippen LogP contribution >= 0.6 is 12.4 Å². The number of aliphatic hydroxyl groups excluding tert-OH is 1. The van der Waals surface area contributed by atoms with E-state index in [9.17, 15) is 40.2 Å². The fourth-order valence-electron chi connectivity index (χ4n) is 1.41. The van der Waals surface area contributed by atoms with Gasteiger partial charge in [-0.2, -0.15) is 13.2 Å².